The molecule has 0 fully saturated rings. The van der Waals surface area contributed by atoms with Crippen molar-refractivity contribution in [2.24, 2.45) is 0 Å². The molecule has 0 aliphatic carbocycles. The highest BCUT2D eigenvalue weighted by Crippen LogP contribution is 2.18. The number of hydrogen-bond acceptors (Lipinski definition) is 3. The van der Waals surface area contributed by atoms with Gasteiger partial charge in [-0.15, -0.1) is 0 Å². The number of likely N-dealkylation sites (N-methyl/N-ethyl adjacent to an activating group) is 1. The van der Waals surface area contributed by atoms with Crippen molar-refractivity contribution in [1.29, 1.82) is 0 Å². The van der Waals surface area contributed by atoms with Gasteiger partial charge in [-0.2, -0.15) is 0 Å². The second kappa shape index (κ2) is 10.6. The Morgan fingerprint density at radius 3 is 2.30 bits per heavy atom. The summed E-state index contributed by atoms with van der Waals surface area (Å²) in [5.41, 5.74) is 2.43. The Balaban J connectivity index is 1.56. The van der Waals surface area contributed by atoms with E-state index >= 15 is 0 Å². The zero-order valence-corrected chi connectivity index (χ0v) is 18.3. The molecule has 0 aliphatic heterocycles. The molecule has 0 bridgehead atoms. The lowest BCUT2D eigenvalue weighted by Crippen LogP contribution is -2.31. The van der Waals surface area contributed by atoms with Gasteiger partial charge >= 0.3 is 0 Å². The van der Waals surface area contributed by atoms with Crippen molar-refractivity contribution in [3.8, 4) is 5.75 Å². The van der Waals surface area contributed by atoms with E-state index in [0.717, 1.165) is 15.6 Å². The van der Waals surface area contributed by atoms with Crippen LogP contribution >= 0.6 is 15.9 Å². The van der Waals surface area contributed by atoms with Gasteiger partial charge in [0.05, 0.1) is 5.56 Å². The third-order valence-electron chi connectivity index (χ3n) is 4.54. The van der Waals surface area contributed by atoms with Crippen molar-refractivity contribution in [2.45, 2.75) is 13.1 Å². The molecular formula is C24H23BrN2O3. The van der Waals surface area contributed by atoms with E-state index < -0.39 is 0 Å². The summed E-state index contributed by atoms with van der Waals surface area (Å²) in [6, 6.07) is 24.4. The molecule has 154 valence electrons. The molecule has 0 saturated heterocycles. The summed E-state index contributed by atoms with van der Waals surface area (Å²) >= 11 is 3.40. The van der Waals surface area contributed by atoms with Crippen molar-refractivity contribution in [2.75, 3.05) is 13.7 Å². The summed E-state index contributed by atoms with van der Waals surface area (Å²) in [5, 5.41) is 2.89. The van der Waals surface area contributed by atoms with Crippen LogP contribution in [0.3, 0.4) is 0 Å². The molecule has 5 nitrogen and oxygen atoms in total. The number of rotatable bonds is 8. The van der Waals surface area contributed by atoms with Gasteiger partial charge in [-0.05, 0) is 35.4 Å². The second-order valence-electron chi connectivity index (χ2n) is 6.83. The number of amides is 2. The van der Waals surface area contributed by atoms with E-state index in [0.29, 0.717) is 24.4 Å². The molecule has 3 aromatic carbocycles. The first kappa shape index (κ1) is 21.6. The highest BCUT2D eigenvalue weighted by molar-refractivity contribution is 9.10. The van der Waals surface area contributed by atoms with Gasteiger partial charge in [0.2, 0.25) is 0 Å². The summed E-state index contributed by atoms with van der Waals surface area (Å²) < 4.78 is 6.68. The van der Waals surface area contributed by atoms with Crippen LogP contribution in [0.15, 0.2) is 83.3 Å². The van der Waals surface area contributed by atoms with E-state index in [9.17, 15) is 9.59 Å². The van der Waals surface area contributed by atoms with Crippen molar-refractivity contribution < 1.29 is 14.3 Å². The molecule has 30 heavy (non-hydrogen) atoms. The number of ether oxygens (including phenoxy) is 1. The minimum absolute atomic E-state index is 0.143. The first-order chi connectivity index (χ1) is 14.5. The van der Waals surface area contributed by atoms with Gasteiger partial charge in [-0.1, -0.05) is 70.5 Å². The van der Waals surface area contributed by atoms with Crippen LogP contribution in [0.2, 0.25) is 0 Å². The molecule has 0 radical (unpaired) electrons. The number of carbonyl (C=O) groups is 2. The SMILES string of the molecule is CN(Cc1ccc(Br)cc1)C(=O)COc1ccccc1C(=O)NCc1ccccc1. The monoisotopic (exact) mass is 466 g/mol. The number of halogens is 1. The van der Waals surface area contributed by atoms with Gasteiger partial charge in [-0.3, -0.25) is 9.59 Å². The average Bonchev–Trinajstić information content (AvgIpc) is 2.78. The predicted molar refractivity (Wildman–Crippen MR) is 120 cm³/mol. The fraction of sp³-hybridized carbons (Fsp3) is 0.167. The molecule has 0 aliphatic rings. The van der Waals surface area contributed by atoms with E-state index in [2.05, 4.69) is 21.2 Å². The maximum Gasteiger partial charge on any atom is 0.260 e. The molecule has 0 aromatic heterocycles. The predicted octanol–water partition coefficient (Wildman–Crippen LogP) is 4.42. The number of nitrogens with one attached hydrogen (secondary N) is 1. The number of benzene rings is 3. The normalized spacial score (nSPS) is 10.3. The van der Waals surface area contributed by atoms with Crippen molar-refractivity contribution in [1.82, 2.24) is 10.2 Å². The maximum absolute atomic E-state index is 12.6. The Labute approximate surface area is 184 Å². The van der Waals surface area contributed by atoms with Crippen LogP contribution in [0.5, 0.6) is 5.75 Å². The van der Waals surface area contributed by atoms with Gasteiger partial charge in [0.1, 0.15) is 5.75 Å². The Bertz CT molecular complexity index is 991. The lowest BCUT2D eigenvalue weighted by Gasteiger charge is -2.18. The molecule has 0 saturated carbocycles. The van der Waals surface area contributed by atoms with Crippen LogP contribution in [0, 0.1) is 0 Å². The molecule has 3 rings (SSSR count). The van der Waals surface area contributed by atoms with E-state index in [1.54, 1.807) is 36.2 Å². The Morgan fingerprint density at radius 1 is 0.900 bits per heavy atom. The number of carbonyl (C=O) groups excluding carboxylic acids is 2. The molecule has 0 unspecified atom stereocenters. The van der Waals surface area contributed by atoms with Crippen LogP contribution < -0.4 is 10.1 Å². The maximum atomic E-state index is 12.6. The van der Waals surface area contributed by atoms with Gasteiger partial charge in [0.25, 0.3) is 11.8 Å². The third-order valence-corrected chi connectivity index (χ3v) is 5.07. The van der Waals surface area contributed by atoms with E-state index in [4.69, 9.17) is 4.74 Å². The standard InChI is InChI=1S/C24H23BrN2O3/c1-27(16-19-11-13-20(25)14-12-19)23(28)17-30-22-10-6-5-9-21(22)24(29)26-15-18-7-3-2-4-8-18/h2-14H,15-17H2,1H3,(H,26,29). The lowest BCUT2D eigenvalue weighted by atomic mass is 10.1. The Kier molecular flexibility index (Phi) is 7.63. The van der Waals surface area contributed by atoms with Crippen molar-refractivity contribution in [3.63, 3.8) is 0 Å². The van der Waals surface area contributed by atoms with Crippen molar-refractivity contribution in [3.05, 3.63) is 100 Å². The Morgan fingerprint density at radius 2 is 1.57 bits per heavy atom. The molecule has 0 spiro atoms. The quantitative estimate of drug-likeness (QED) is 0.534. The lowest BCUT2D eigenvalue weighted by molar-refractivity contribution is -0.132. The van der Waals surface area contributed by atoms with Gasteiger partial charge in [0.15, 0.2) is 6.61 Å². The van der Waals surface area contributed by atoms with Crippen LogP contribution in [0.1, 0.15) is 21.5 Å². The fourth-order valence-electron chi connectivity index (χ4n) is 2.86. The summed E-state index contributed by atoms with van der Waals surface area (Å²) in [6.07, 6.45) is 0. The molecule has 0 atom stereocenters. The number of nitrogens with zero attached hydrogens (tertiary/aromatic N) is 1. The summed E-state index contributed by atoms with van der Waals surface area (Å²) in [4.78, 5) is 26.7. The summed E-state index contributed by atoms with van der Waals surface area (Å²) in [6.45, 7) is 0.757. The highest BCUT2D eigenvalue weighted by atomic mass is 79.9. The third kappa shape index (κ3) is 6.19. The van der Waals surface area contributed by atoms with Gasteiger partial charge in [0, 0.05) is 24.6 Å². The Hall–Kier alpha value is -3.12. The zero-order chi connectivity index (χ0) is 21.3. The summed E-state index contributed by atoms with van der Waals surface area (Å²) in [5.74, 6) is -0.0315. The van der Waals surface area contributed by atoms with Crippen LogP contribution in [-0.4, -0.2) is 30.4 Å². The molecule has 3 aromatic rings. The van der Waals surface area contributed by atoms with Crippen LogP contribution in [0.4, 0.5) is 0 Å². The molecule has 0 heterocycles. The van der Waals surface area contributed by atoms with Crippen molar-refractivity contribution >= 4 is 27.7 Å². The number of para-hydroxylation sites is 1. The molecule has 1 N–H and O–H groups in total. The smallest absolute Gasteiger partial charge is 0.260 e. The minimum atomic E-state index is -0.245. The van der Waals surface area contributed by atoms with E-state index in [-0.39, 0.29) is 18.4 Å². The van der Waals surface area contributed by atoms with Gasteiger partial charge < -0.3 is 15.0 Å². The molecule has 2 amide bonds. The zero-order valence-electron chi connectivity index (χ0n) is 16.7. The fourth-order valence-corrected chi connectivity index (χ4v) is 3.12. The first-order valence-corrected chi connectivity index (χ1v) is 10.3. The first-order valence-electron chi connectivity index (χ1n) is 9.55. The van der Waals surface area contributed by atoms with Gasteiger partial charge in [-0.25, -0.2) is 0 Å². The number of hydrogen-bond donors (Lipinski definition) is 1. The largest absolute Gasteiger partial charge is 0.483 e. The minimum Gasteiger partial charge on any atom is -0.483 e. The second-order valence-corrected chi connectivity index (χ2v) is 7.75. The van der Waals surface area contributed by atoms with Crippen LogP contribution in [0.25, 0.3) is 0 Å². The van der Waals surface area contributed by atoms with E-state index in [1.165, 1.54) is 0 Å². The molecule has 6 heteroatoms. The summed E-state index contributed by atoms with van der Waals surface area (Å²) in [7, 11) is 1.73. The molecular weight excluding hydrogens is 444 g/mol. The van der Waals surface area contributed by atoms with Crippen LogP contribution in [-0.2, 0) is 17.9 Å². The van der Waals surface area contributed by atoms with E-state index in [1.807, 2.05) is 54.6 Å². The average molecular weight is 467 g/mol. The topological polar surface area (TPSA) is 58.6 Å². The highest BCUT2D eigenvalue weighted by Gasteiger charge is 2.15.